The van der Waals surface area contributed by atoms with Crippen LogP contribution in [0, 0.1) is 0 Å². The normalized spacial score (nSPS) is 18.5. The van der Waals surface area contributed by atoms with Crippen LogP contribution in [0.15, 0.2) is 109 Å². The van der Waals surface area contributed by atoms with Crippen LogP contribution in [0.4, 0.5) is 33.4 Å². The van der Waals surface area contributed by atoms with Crippen molar-refractivity contribution >= 4 is 78.0 Å². The monoisotopic (exact) mass is 941 g/mol. The van der Waals surface area contributed by atoms with E-state index in [0.29, 0.717) is 0 Å². The number of benzene rings is 6. The van der Waals surface area contributed by atoms with E-state index in [-0.39, 0.29) is 44.6 Å². The van der Waals surface area contributed by atoms with E-state index >= 15 is 0 Å². The Hall–Kier alpha value is -5.06. The highest BCUT2D eigenvalue weighted by molar-refractivity contribution is 7.26. The van der Waals surface area contributed by atoms with Gasteiger partial charge in [-0.15, -0.1) is 11.3 Å². The molecule has 0 amide bonds. The summed E-state index contributed by atoms with van der Waals surface area (Å²) in [5, 5.41) is 2.73. The number of nitrogens with zero attached hydrogens (tertiary/aromatic N) is 2. The average Bonchev–Trinajstić information content (AvgIpc) is 3.66. The zero-order valence-corrected chi connectivity index (χ0v) is 46.4. The number of anilines is 6. The summed E-state index contributed by atoms with van der Waals surface area (Å²) < 4.78 is 1.35. The number of fused-ring (bicyclic) bond motifs is 8. The lowest BCUT2D eigenvalue weighted by Crippen LogP contribution is -2.61. The Morgan fingerprint density at radius 3 is 1.57 bits per heavy atom. The molecule has 0 saturated carbocycles. The molecule has 4 aliphatic rings. The van der Waals surface area contributed by atoms with Gasteiger partial charge in [-0.3, -0.25) is 0 Å². The lowest BCUT2D eigenvalue weighted by atomic mass is 9.33. The molecule has 2 aliphatic heterocycles. The standard InChI is InChI=1S/C66H77BN2S/c1-60(2,3)41-23-27-52(45(33-41)40-21-19-18-20-22-40)69-55-36-43(62(7,8)9)35-54-58(55)67(57-46-34-42(61(4,5)6)24-28-56(46)70-59(57)69)51-38-49-50(66(16,17)32-31-65(49,14)15)39-53(51)68(54)44-25-26-47-48(37-44)64(12,13)30-29-63(47,10)11/h18-28,33-39H,29-32H2,1-17H3. The van der Waals surface area contributed by atoms with Crippen LogP contribution in [0.25, 0.3) is 21.2 Å². The molecule has 0 spiro atoms. The Kier molecular flexibility index (Phi) is 10.3. The van der Waals surface area contributed by atoms with Gasteiger partial charge in [0.15, 0.2) is 0 Å². The molecule has 3 heterocycles. The van der Waals surface area contributed by atoms with Crippen LogP contribution in [0.5, 0.6) is 0 Å². The Balaban J connectivity index is 1.32. The first-order valence-corrected chi connectivity index (χ1v) is 27.3. The first-order chi connectivity index (χ1) is 32.6. The van der Waals surface area contributed by atoms with Gasteiger partial charge in [-0.1, -0.05) is 178 Å². The van der Waals surface area contributed by atoms with E-state index in [1.165, 1.54) is 136 Å². The number of thiophene rings is 1. The molecule has 0 atom stereocenters. The van der Waals surface area contributed by atoms with Crippen LogP contribution in [-0.4, -0.2) is 6.71 Å². The van der Waals surface area contributed by atoms with Gasteiger partial charge >= 0.3 is 0 Å². The minimum absolute atomic E-state index is 0.00392. The Morgan fingerprint density at radius 2 is 0.971 bits per heavy atom. The molecule has 0 fully saturated rings. The second-order valence-corrected chi connectivity index (χ2v) is 28.7. The molecule has 1 aromatic heterocycles. The molecule has 0 N–H and O–H groups in total. The molecule has 4 heteroatoms. The van der Waals surface area contributed by atoms with Gasteiger partial charge in [0.05, 0.1) is 10.7 Å². The number of rotatable bonds is 3. The first kappa shape index (κ1) is 47.3. The van der Waals surface area contributed by atoms with Gasteiger partial charge in [0, 0.05) is 33.0 Å². The molecular formula is C66H77BN2S. The van der Waals surface area contributed by atoms with Crippen LogP contribution in [0.1, 0.15) is 182 Å². The molecular weight excluding hydrogens is 864 g/mol. The molecule has 0 saturated heterocycles. The molecule has 11 rings (SSSR count). The van der Waals surface area contributed by atoms with E-state index in [4.69, 9.17) is 0 Å². The van der Waals surface area contributed by atoms with Crippen molar-refractivity contribution in [2.24, 2.45) is 0 Å². The zero-order chi connectivity index (χ0) is 50.0. The zero-order valence-electron chi connectivity index (χ0n) is 45.6. The van der Waals surface area contributed by atoms with Gasteiger partial charge in [0.2, 0.25) is 0 Å². The molecule has 2 nitrogen and oxygen atoms in total. The third-order valence-corrected chi connectivity index (χ3v) is 18.8. The second kappa shape index (κ2) is 15.2. The highest BCUT2D eigenvalue weighted by Gasteiger charge is 2.49. The van der Waals surface area contributed by atoms with Crippen LogP contribution in [-0.2, 0) is 37.9 Å². The van der Waals surface area contributed by atoms with Crippen molar-refractivity contribution < 1.29 is 0 Å². The minimum Gasteiger partial charge on any atom is -0.311 e. The molecule has 0 radical (unpaired) electrons. The smallest absolute Gasteiger partial charge is 0.254 e. The topological polar surface area (TPSA) is 6.48 Å². The lowest BCUT2D eigenvalue weighted by molar-refractivity contribution is 0.332. The van der Waals surface area contributed by atoms with E-state index in [9.17, 15) is 0 Å². The molecule has 2 aliphatic carbocycles. The number of hydrogen-bond acceptors (Lipinski definition) is 3. The van der Waals surface area contributed by atoms with Crippen molar-refractivity contribution in [2.75, 3.05) is 9.80 Å². The van der Waals surface area contributed by atoms with Gasteiger partial charge in [-0.2, -0.15) is 0 Å². The van der Waals surface area contributed by atoms with E-state index < -0.39 is 0 Å². The fourth-order valence-electron chi connectivity index (χ4n) is 12.8. The predicted molar refractivity (Wildman–Crippen MR) is 308 cm³/mol. The van der Waals surface area contributed by atoms with Gasteiger partial charge < -0.3 is 9.80 Å². The summed E-state index contributed by atoms with van der Waals surface area (Å²) in [6.07, 6.45) is 4.73. The highest BCUT2D eigenvalue weighted by atomic mass is 32.1. The third kappa shape index (κ3) is 7.30. The largest absolute Gasteiger partial charge is 0.311 e. The van der Waals surface area contributed by atoms with Gasteiger partial charge in [0.1, 0.15) is 0 Å². The van der Waals surface area contributed by atoms with E-state index in [1.807, 2.05) is 11.3 Å². The Labute approximate surface area is 426 Å². The maximum atomic E-state index is 2.75. The summed E-state index contributed by atoms with van der Waals surface area (Å²) in [6, 6.07) is 44.2. The van der Waals surface area contributed by atoms with E-state index in [0.717, 1.165) is 0 Å². The molecule has 6 aromatic carbocycles. The fourth-order valence-corrected chi connectivity index (χ4v) is 14.0. The van der Waals surface area contributed by atoms with Gasteiger partial charge in [-0.25, -0.2) is 0 Å². The van der Waals surface area contributed by atoms with Crippen molar-refractivity contribution in [1.82, 2.24) is 0 Å². The summed E-state index contributed by atoms with van der Waals surface area (Å²) in [6.45, 7) is 41.3. The molecule has 0 bridgehead atoms. The average molecular weight is 941 g/mol. The first-order valence-electron chi connectivity index (χ1n) is 26.5. The van der Waals surface area contributed by atoms with E-state index in [2.05, 4.69) is 237 Å². The van der Waals surface area contributed by atoms with E-state index in [1.54, 1.807) is 0 Å². The molecule has 7 aromatic rings. The summed E-state index contributed by atoms with van der Waals surface area (Å²) >= 11 is 1.99. The quantitative estimate of drug-likeness (QED) is 0.163. The highest BCUT2D eigenvalue weighted by Crippen LogP contribution is 2.55. The summed E-state index contributed by atoms with van der Waals surface area (Å²) in [5.74, 6) is 0. The number of hydrogen-bond donors (Lipinski definition) is 0. The maximum Gasteiger partial charge on any atom is 0.254 e. The van der Waals surface area contributed by atoms with Crippen LogP contribution in [0.2, 0.25) is 0 Å². The van der Waals surface area contributed by atoms with Crippen LogP contribution >= 0.6 is 11.3 Å². The summed E-state index contributed by atoms with van der Waals surface area (Å²) in [7, 11) is 0. The van der Waals surface area contributed by atoms with Crippen molar-refractivity contribution in [2.45, 2.75) is 181 Å². The lowest BCUT2D eigenvalue weighted by Gasteiger charge is -2.48. The van der Waals surface area contributed by atoms with Crippen molar-refractivity contribution in [3.8, 4) is 11.1 Å². The van der Waals surface area contributed by atoms with Crippen LogP contribution in [0.3, 0.4) is 0 Å². The molecule has 360 valence electrons. The SMILES string of the molecule is CC(C)(C)c1ccc(N2c3cc(C(C)(C)C)cc4c3B(c3cc5c(cc3N4c3ccc4c(c3)C(C)(C)CCC4(C)C)C(C)(C)CCC5(C)C)c3c2sc2ccc(C(C)(C)C)cc32)c(-c2ccccc2)c1. The Morgan fingerprint density at radius 1 is 0.443 bits per heavy atom. The fraction of sp³-hybridized carbons (Fsp3) is 0.424. The Bertz CT molecular complexity index is 3280. The third-order valence-electron chi connectivity index (χ3n) is 17.7. The summed E-state index contributed by atoms with van der Waals surface area (Å²) in [4.78, 5) is 5.47. The van der Waals surface area contributed by atoms with Crippen molar-refractivity contribution in [1.29, 1.82) is 0 Å². The molecule has 70 heavy (non-hydrogen) atoms. The van der Waals surface area contributed by atoms with Crippen LogP contribution < -0.4 is 26.2 Å². The predicted octanol–water partition coefficient (Wildman–Crippen LogP) is 17.2. The van der Waals surface area contributed by atoms with Crippen molar-refractivity contribution in [3.63, 3.8) is 0 Å². The molecule has 0 unspecified atom stereocenters. The van der Waals surface area contributed by atoms with Gasteiger partial charge in [-0.05, 0) is 178 Å². The van der Waals surface area contributed by atoms with Gasteiger partial charge in [0.25, 0.3) is 6.71 Å². The maximum absolute atomic E-state index is 2.75. The minimum atomic E-state index is -0.122. The van der Waals surface area contributed by atoms with Crippen molar-refractivity contribution in [3.05, 3.63) is 148 Å². The summed E-state index contributed by atoms with van der Waals surface area (Å²) in [5.41, 5.74) is 23.5. The second-order valence-electron chi connectivity index (χ2n) is 27.6.